The van der Waals surface area contributed by atoms with Gasteiger partial charge in [0.1, 0.15) is 0 Å². The highest BCUT2D eigenvalue weighted by molar-refractivity contribution is 8.00. The van der Waals surface area contributed by atoms with Gasteiger partial charge in [-0.2, -0.15) is 11.8 Å². The number of hydrogen-bond donors (Lipinski definition) is 1. The summed E-state index contributed by atoms with van der Waals surface area (Å²) in [7, 11) is 0. The summed E-state index contributed by atoms with van der Waals surface area (Å²) in [6.45, 7) is 14.6. The largest absolute Gasteiger partial charge is 0.369 e. The molecule has 2 unspecified atom stereocenters. The molecule has 1 aliphatic rings. The monoisotopic (exact) mass is 292 g/mol. The molecule has 20 heavy (non-hydrogen) atoms. The fourth-order valence-corrected chi connectivity index (χ4v) is 4.18. The lowest BCUT2D eigenvalue weighted by Gasteiger charge is -2.37. The van der Waals surface area contributed by atoms with Gasteiger partial charge in [0.2, 0.25) is 0 Å². The van der Waals surface area contributed by atoms with Crippen molar-refractivity contribution in [1.29, 1.82) is 0 Å². The molecule has 112 valence electrons. The van der Waals surface area contributed by atoms with E-state index in [4.69, 9.17) is 0 Å². The fourth-order valence-electron chi connectivity index (χ4n) is 2.85. The normalized spacial score (nSPS) is 23.4. The van der Waals surface area contributed by atoms with Crippen LogP contribution in [0.25, 0.3) is 0 Å². The summed E-state index contributed by atoms with van der Waals surface area (Å²) >= 11 is 2.11. The first-order chi connectivity index (χ1) is 9.45. The first-order valence-corrected chi connectivity index (χ1v) is 8.63. The molecule has 0 amide bonds. The maximum absolute atomic E-state index is 3.56. The predicted molar refractivity (Wildman–Crippen MR) is 91.9 cm³/mol. The molecule has 1 aromatic rings. The Kier molecular flexibility index (Phi) is 5.39. The molecule has 2 atom stereocenters. The molecule has 0 saturated carbocycles. The Morgan fingerprint density at radius 1 is 1.25 bits per heavy atom. The summed E-state index contributed by atoms with van der Waals surface area (Å²) in [5.74, 6) is 0. The van der Waals surface area contributed by atoms with Crippen LogP contribution in [-0.2, 0) is 6.54 Å². The van der Waals surface area contributed by atoms with Crippen molar-refractivity contribution >= 4 is 17.4 Å². The van der Waals surface area contributed by atoms with Gasteiger partial charge in [0, 0.05) is 41.9 Å². The maximum Gasteiger partial charge on any atom is 0.0412 e. The number of anilines is 1. The first-order valence-electron chi connectivity index (χ1n) is 7.69. The van der Waals surface area contributed by atoms with Gasteiger partial charge < -0.3 is 10.2 Å². The van der Waals surface area contributed by atoms with Crippen molar-refractivity contribution < 1.29 is 0 Å². The third-order valence-corrected chi connectivity index (χ3v) is 4.92. The zero-order valence-corrected chi connectivity index (χ0v) is 14.3. The summed E-state index contributed by atoms with van der Waals surface area (Å²) in [5.41, 5.74) is 4.20. The van der Waals surface area contributed by atoms with Gasteiger partial charge in [0.25, 0.3) is 0 Å². The number of nitrogens with one attached hydrogen (secondary N) is 1. The van der Waals surface area contributed by atoms with E-state index < -0.39 is 0 Å². The summed E-state index contributed by atoms with van der Waals surface area (Å²) in [4.78, 5) is 2.57. The van der Waals surface area contributed by atoms with Crippen molar-refractivity contribution in [2.24, 2.45) is 0 Å². The predicted octanol–water partition coefficient (Wildman–Crippen LogP) is 3.82. The van der Waals surface area contributed by atoms with Crippen LogP contribution in [0.15, 0.2) is 18.2 Å². The van der Waals surface area contributed by atoms with Crippen LogP contribution in [0.4, 0.5) is 5.69 Å². The topological polar surface area (TPSA) is 15.3 Å². The Balaban J connectivity index is 2.21. The van der Waals surface area contributed by atoms with Gasteiger partial charge in [-0.05, 0) is 18.6 Å². The van der Waals surface area contributed by atoms with E-state index in [2.05, 4.69) is 74.8 Å². The maximum atomic E-state index is 3.56. The van der Waals surface area contributed by atoms with Crippen molar-refractivity contribution in [3.63, 3.8) is 0 Å². The minimum atomic E-state index is 0.526. The molecular formula is C17H28N2S. The average Bonchev–Trinajstić information content (AvgIpc) is 2.35. The highest BCUT2D eigenvalue weighted by Crippen LogP contribution is 2.31. The summed E-state index contributed by atoms with van der Waals surface area (Å²) in [6, 6.07) is 7.41. The Morgan fingerprint density at radius 2 is 1.90 bits per heavy atom. The third-order valence-electron chi connectivity index (χ3n) is 3.70. The molecule has 2 nitrogen and oxygen atoms in total. The van der Waals surface area contributed by atoms with E-state index in [9.17, 15) is 0 Å². The highest BCUT2D eigenvalue weighted by Gasteiger charge is 2.23. The van der Waals surface area contributed by atoms with Crippen molar-refractivity contribution in [2.75, 3.05) is 18.0 Å². The second-order valence-electron chi connectivity index (χ2n) is 6.33. The summed E-state index contributed by atoms with van der Waals surface area (Å²) in [5, 5.41) is 4.99. The van der Waals surface area contributed by atoms with Crippen molar-refractivity contribution in [1.82, 2.24) is 5.32 Å². The first kappa shape index (κ1) is 15.7. The van der Waals surface area contributed by atoms with E-state index in [0.717, 1.165) is 19.6 Å². The van der Waals surface area contributed by atoms with Crippen LogP contribution in [0.2, 0.25) is 0 Å². The Hall–Kier alpha value is -0.670. The number of benzene rings is 1. The van der Waals surface area contributed by atoms with Crippen molar-refractivity contribution in [3.8, 4) is 0 Å². The van der Waals surface area contributed by atoms with Crippen LogP contribution in [-0.4, -0.2) is 29.6 Å². The van der Waals surface area contributed by atoms with Gasteiger partial charge in [0.05, 0.1) is 0 Å². The van der Waals surface area contributed by atoms with Crippen LogP contribution in [0.1, 0.15) is 38.8 Å². The lowest BCUT2D eigenvalue weighted by Crippen LogP contribution is -2.41. The van der Waals surface area contributed by atoms with E-state index in [1.807, 2.05) is 0 Å². The van der Waals surface area contributed by atoms with Crippen molar-refractivity contribution in [3.05, 3.63) is 29.3 Å². The second kappa shape index (κ2) is 6.86. The van der Waals surface area contributed by atoms with Crippen LogP contribution in [0.5, 0.6) is 0 Å². The average molecular weight is 292 g/mol. The Bertz CT molecular complexity index is 435. The number of nitrogens with zero attached hydrogens (tertiary/aromatic N) is 1. The third kappa shape index (κ3) is 4.16. The molecule has 1 saturated heterocycles. The quantitative estimate of drug-likeness (QED) is 0.908. The van der Waals surface area contributed by atoms with E-state index in [0.29, 0.717) is 16.5 Å². The van der Waals surface area contributed by atoms with Gasteiger partial charge in [-0.3, -0.25) is 0 Å². The van der Waals surface area contributed by atoms with Crippen LogP contribution < -0.4 is 10.2 Å². The SMILES string of the molecule is Cc1ccc(N2CC(C)SC(C)C2)c(CNC(C)C)c1. The zero-order chi connectivity index (χ0) is 14.7. The smallest absolute Gasteiger partial charge is 0.0412 e. The molecule has 1 aromatic carbocycles. The minimum absolute atomic E-state index is 0.526. The number of hydrogen-bond acceptors (Lipinski definition) is 3. The molecule has 0 aromatic heterocycles. The van der Waals surface area contributed by atoms with Crippen LogP contribution >= 0.6 is 11.8 Å². The lowest BCUT2D eigenvalue weighted by atomic mass is 10.1. The summed E-state index contributed by atoms with van der Waals surface area (Å²) < 4.78 is 0. The second-order valence-corrected chi connectivity index (χ2v) is 8.21. The fraction of sp³-hybridized carbons (Fsp3) is 0.647. The van der Waals surface area contributed by atoms with Gasteiger partial charge in [-0.15, -0.1) is 0 Å². The van der Waals surface area contributed by atoms with Crippen LogP contribution in [0.3, 0.4) is 0 Å². The molecule has 1 N–H and O–H groups in total. The van der Waals surface area contributed by atoms with Crippen molar-refractivity contribution in [2.45, 2.75) is 57.7 Å². The van der Waals surface area contributed by atoms with Gasteiger partial charge in [0.15, 0.2) is 0 Å². The molecule has 1 aliphatic heterocycles. The Labute approximate surface area is 128 Å². The number of rotatable bonds is 4. The number of thioether (sulfide) groups is 1. The van der Waals surface area contributed by atoms with E-state index in [1.54, 1.807) is 0 Å². The van der Waals surface area contributed by atoms with Gasteiger partial charge in [-0.1, -0.05) is 45.4 Å². The molecule has 2 rings (SSSR count). The van der Waals surface area contributed by atoms with E-state index in [-0.39, 0.29) is 0 Å². The molecule has 0 aliphatic carbocycles. The van der Waals surface area contributed by atoms with Gasteiger partial charge in [-0.25, -0.2) is 0 Å². The highest BCUT2D eigenvalue weighted by atomic mass is 32.2. The number of aryl methyl sites for hydroxylation is 1. The standard InChI is InChI=1S/C17H28N2S/c1-12(2)18-9-16-8-13(3)6-7-17(16)19-10-14(4)20-15(5)11-19/h6-8,12,14-15,18H,9-11H2,1-5H3. The molecule has 3 heteroatoms. The molecule has 1 heterocycles. The van der Waals surface area contributed by atoms with Gasteiger partial charge >= 0.3 is 0 Å². The van der Waals surface area contributed by atoms with Crippen LogP contribution in [0, 0.1) is 6.92 Å². The Morgan fingerprint density at radius 3 is 2.50 bits per heavy atom. The molecular weight excluding hydrogens is 264 g/mol. The summed E-state index contributed by atoms with van der Waals surface area (Å²) in [6.07, 6.45) is 0. The van der Waals surface area contributed by atoms with E-state index in [1.165, 1.54) is 16.8 Å². The van der Waals surface area contributed by atoms with E-state index >= 15 is 0 Å². The lowest BCUT2D eigenvalue weighted by molar-refractivity contribution is 0.587. The minimum Gasteiger partial charge on any atom is -0.369 e. The zero-order valence-electron chi connectivity index (χ0n) is 13.4. The molecule has 0 spiro atoms. The molecule has 1 fully saturated rings. The molecule has 0 radical (unpaired) electrons. The molecule has 0 bridgehead atoms.